The summed E-state index contributed by atoms with van der Waals surface area (Å²) in [5.74, 6) is 0.907. The normalized spacial score (nSPS) is 18.0. The Bertz CT molecular complexity index is 401. The molecule has 0 bridgehead atoms. The number of nitrogens with zero attached hydrogens (tertiary/aromatic N) is 1. The van der Waals surface area contributed by atoms with E-state index < -0.39 is 0 Å². The van der Waals surface area contributed by atoms with Crippen molar-refractivity contribution < 1.29 is 9.31 Å². The summed E-state index contributed by atoms with van der Waals surface area (Å²) in [6.07, 6.45) is 5.57. The Hall–Kier alpha value is -1.57. The molecule has 2 nitrogen and oxygen atoms in total. The summed E-state index contributed by atoms with van der Waals surface area (Å²) in [7, 11) is 3.79. The van der Waals surface area contributed by atoms with Gasteiger partial charge >= 0.3 is 0 Å². The molecular formula is C13H16NO+. The molecule has 2 rings (SSSR count). The summed E-state index contributed by atoms with van der Waals surface area (Å²) in [6, 6.07) is 8.14. The van der Waals surface area contributed by atoms with Gasteiger partial charge in [-0.15, -0.1) is 0 Å². The average molecular weight is 202 g/mol. The lowest BCUT2D eigenvalue weighted by Crippen LogP contribution is -1.97. The van der Waals surface area contributed by atoms with Crippen LogP contribution in [0.4, 0.5) is 0 Å². The summed E-state index contributed by atoms with van der Waals surface area (Å²) >= 11 is 0. The van der Waals surface area contributed by atoms with E-state index in [9.17, 15) is 0 Å². The van der Waals surface area contributed by atoms with Crippen LogP contribution in [0.5, 0.6) is 5.75 Å². The highest BCUT2D eigenvalue weighted by atomic mass is 16.5. The first-order valence-electron chi connectivity index (χ1n) is 5.17. The predicted octanol–water partition coefficient (Wildman–Crippen LogP) is 2.20. The molecule has 0 N–H and O–H groups in total. The molecule has 78 valence electrons. The van der Waals surface area contributed by atoms with E-state index in [1.807, 2.05) is 12.1 Å². The number of hydrogen-bond donors (Lipinski definition) is 0. The first kappa shape index (κ1) is 9.97. The average Bonchev–Trinajstić information content (AvgIpc) is 2.65. The molecule has 0 saturated heterocycles. The third-order valence-corrected chi connectivity index (χ3v) is 2.61. The van der Waals surface area contributed by atoms with E-state index in [-0.39, 0.29) is 0 Å². The zero-order valence-electron chi connectivity index (χ0n) is 9.23. The van der Waals surface area contributed by atoms with Gasteiger partial charge in [-0.2, -0.15) is 0 Å². The molecule has 1 aromatic carbocycles. The van der Waals surface area contributed by atoms with Crippen molar-refractivity contribution in [2.75, 3.05) is 20.7 Å². The van der Waals surface area contributed by atoms with Gasteiger partial charge in [-0.25, -0.2) is 4.58 Å². The fourth-order valence-electron chi connectivity index (χ4n) is 1.74. The van der Waals surface area contributed by atoms with Gasteiger partial charge in [0.2, 0.25) is 0 Å². The summed E-state index contributed by atoms with van der Waals surface area (Å²) in [5, 5.41) is 0. The standard InChI is InChI=1S/C13H16NO/c1-14-8-7-12(10-14)9-11-3-5-13(15-2)6-4-11/h3-6,9-10H,7-8H2,1-2H3/q+1/b12-9-. The highest BCUT2D eigenvalue weighted by Gasteiger charge is 2.10. The van der Waals surface area contributed by atoms with Crippen LogP contribution >= 0.6 is 0 Å². The van der Waals surface area contributed by atoms with E-state index >= 15 is 0 Å². The second-order valence-electron chi connectivity index (χ2n) is 3.85. The minimum absolute atomic E-state index is 0.907. The van der Waals surface area contributed by atoms with Crippen LogP contribution < -0.4 is 4.74 Å². The lowest BCUT2D eigenvalue weighted by Gasteiger charge is -1.99. The van der Waals surface area contributed by atoms with Crippen LogP contribution in [0, 0.1) is 0 Å². The second-order valence-corrected chi connectivity index (χ2v) is 3.85. The highest BCUT2D eigenvalue weighted by Crippen LogP contribution is 2.15. The minimum Gasteiger partial charge on any atom is -0.497 e. The molecule has 1 heterocycles. The van der Waals surface area contributed by atoms with E-state index in [0.717, 1.165) is 18.7 Å². The quantitative estimate of drug-likeness (QED) is 0.670. The number of benzene rings is 1. The summed E-state index contributed by atoms with van der Waals surface area (Å²) in [6.45, 7) is 1.13. The van der Waals surface area contributed by atoms with Gasteiger partial charge in [0.25, 0.3) is 0 Å². The van der Waals surface area contributed by atoms with Crippen LogP contribution in [0.25, 0.3) is 6.08 Å². The van der Waals surface area contributed by atoms with Gasteiger partial charge < -0.3 is 4.74 Å². The maximum atomic E-state index is 5.12. The van der Waals surface area contributed by atoms with Crippen molar-refractivity contribution in [3.05, 3.63) is 35.4 Å². The molecule has 2 heteroatoms. The fraction of sp³-hybridized carbons (Fsp3) is 0.308. The molecule has 0 unspecified atom stereocenters. The summed E-state index contributed by atoms with van der Waals surface area (Å²) in [4.78, 5) is 0. The Morgan fingerprint density at radius 2 is 2.00 bits per heavy atom. The molecule has 0 aliphatic carbocycles. The number of ether oxygens (including phenoxy) is 1. The van der Waals surface area contributed by atoms with Crippen LogP contribution in [0.15, 0.2) is 29.8 Å². The smallest absolute Gasteiger partial charge is 0.166 e. The molecule has 0 fully saturated rings. The van der Waals surface area contributed by atoms with Crippen molar-refractivity contribution >= 4 is 12.3 Å². The van der Waals surface area contributed by atoms with Crippen LogP contribution in [0.2, 0.25) is 0 Å². The summed E-state index contributed by atoms with van der Waals surface area (Å²) < 4.78 is 7.34. The van der Waals surface area contributed by atoms with Gasteiger partial charge in [0.15, 0.2) is 6.21 Å². The third kappa shape index (κ3) is 2.46. The molecule has 1 aliphatic heterocycles. The number of hydrogen-bond acceptors (Lipinski definition) is 1. The largest absolute Gasteiger partial charge is 0.497 e. The van der Waals surface area contributed by atoms with E-state index in [1.165, 1.54) is 11.1 Å². The molecule has 0 radical (unpaired) electrons. The number of methoxy groups -OCH3 is 1. The third-order valence-electron chi connectivity index (χ3n) is 2.61. The first-order chi connectivity index (χ1) is 7.28. The lowest BCUT2D eigenvalue weighted by atomic mass is 10.1. The number of rotatable bonds is 2. The Morgan fingerprint density at radius 3 is 2.53 bits per heavy atom. The van der Waals surface area contributed by atoms with Gasteiger partial charge in [0, 0.05) is 12.0 Å². The Labute approximate surface area is 90.5 Å². The van der Waals surface area contributed by atoms with Crippen LogP contribution in [-0.4, -0.2) is 31.5 Å². The molecule has 0 amide bonds. The maximum absolute atomic E-state index is 5.12. The summed E-state index contributed by atoms with van der Waals surface area (Å²) in [5.41, 5.74) is 2.63. The monoisotopic (exact) mass is 202 g/mol. The SMILES string of the molecule is COc1ccc(/C=C2\C=[N+](C)CC2)cc1. The Balaban J connectivity index is 2.17. The first-order valence-corrected chi connectivity index (χ1v) is 5.17. The zero-order valence-corrected chi connectivity index (χ0v) is 9.23. The van der Waals surface area contributed by atoms with E-state index in [1.54, 1.807) is 7.11 Å². The van der Waals surface area contributed by atoms with Crippen molar-refractivity contribution in [1.29, 1.82) is 0 Å². The maximum Gasteiger partial charge on any atom is 0.166 e. The van der Waals surface area contributed by atoms with E-state index in [2.05, 4.69) is 36.0 Å². The molecule has 1 aliphatic rings. The van der Waals surface area contributed by atoms with Gasteiger partial charge in [0.05, 0.1) is 7.11 Å². The van der Waals surface area contributed by atoms with Gasteiger partial charge in [-0.1, -0.05) is 12.1 Å². The van der Waals surface area contributed by atoms with Crippen molar-refractivity contribution in [2.45, 2.75) is 6.42 Å². The highest BCUT2D eigenvalue weighted by molar-refractivity contribution is 5.83. The second kappa shape index (κ2) is 4.30. The van der Waals surface area contributed by atoms with Gasteiger partial charge in [-0.05, 0) is 23.8 Å². The Kier molecular flexibility index (Phi) is 2.86. The molecule has 0 atom stereocenters. The van der Waals surface area contributed by atoms with Gasteiger partial charge in [0.1, 0.15) is 19.3 Å². The molecule has 0 spiro atoms. The predicted molar refractivity (Wildman–Crippen MR) is 62.7 cm³/mol. The minimum atomic E-state index is 0.907. The molecule has 0 aromatic heterocycles. The van der Waals surface area contributed by atoms with Gasteiger partial charge in [-0.3, -0.25) is 0 Å². The van der Waals surface area contributed by atoms with E-state index in [4.69, 9.17) is 4.74 Å². The van der Waals surface area contributed by atoms with E-state index in [0.29, 0.717) is 0 Å². The fourth-order valence-corrected chi connectivity index (χ4v) is 1.74. The molecule has 1 aromatic rings. The van der Waals surface area contributed by atoms with Crippen LogP contribution in [-0.2, 0) is 0 Å². The Morgan fingerprint density at radius 1 is 1.27 bits per heavy atom. The zero-order chi connectivity index (χ0) is 10.7. The molecular weight excluding hydrogens is 186 g/mol. The molecule has 15 heavy (non-hydrogen) atoms. The lowest BCUT2D eigenvalue weighted by molar-refractivity contribution is -0.484. The van der Waals surface area contributed by atoms with Crippen LogP contribution in [0.1, 0.15) is 12.0 Å². The molecule has 0 saturated carbocycles. The van der Waals surface area contributed by atoms with Crippen molar-refractivity contribution in [3.63, 3.8) is 0 Å². The van der Waals surface area contributed by atoms with Crippen molar-refractivity contribution in [2.24, 2.45) is 0 Å². The van der Waals surface area contributed by atoms with Crippen molar-refractivity contribution in [3.8, 4) is 5.75 Å². The van der Waals surface area contributed by atoms with Crippen LogP contribution in [0.3, 0.4) is 0 Å². The van der Waals surface area contributed by atoms with Crippen molar-refractivity contribution in [1.82, 2.24) is 0 Å². The topological polar surface area (TPSA) is 12.2 Å².